The van der Waals surface area contributed by atoms with Gasteiger partial charge >= 0.3 is 0 Å². The predicted octanol–water partition coefficient (Wildman–Crippen LogP) is 3.97. The van der Waals surface area contributed by atoms with Crippen LogP contribution in [0.3, 0.4) is 0 Å². The Balaban J connectivity index is 0.00000341. The second-order valence-corrected chi connectivity index (χ2v) is 7.60. The number of methoxy groups -OCH3 is 1. The van der Waals surface area contributed by atoms with Crippen LogP contribution in [0.2, 0.25) is 0 Å². The van der Waals surface area contributed by atoms with Crippen molar-refractivity contribution < 1.29 is 9.47 Å². The van der Waals surface area contributed by atoms with E-state index in [1.165, 1.54) is 11.3 Å². The number of ether oxygens (including phenoxy) is 2. The van der Waals surface area contributed by atoms with Crippen molar-refractivity contribution in [2.75, 3.05) is 44.9 Å². The molecule has 2 N–H and O–H groups in total. The molecule has 31 heavy (non-hydrogen) atoms. The lowest BCUT2D eigenvalue weighted by Gasteiger charge is -2.20. The van der Waals surface area contributed by atoms with E-state index in [0.717, 1.165) is 43.3 Å². The van der Waals surface area contributed by atoms with Crippen LogP contribution >= 0.6 is 24.0 Å². The highest BCUT2D eigenvalue weighted by Crippen LogP contribution is 2.21. The van der Waals surface area contributed by atoms with Gasteiger partial charge in [-0.1, -0.05) is 29.8 Å². The van der Waals surface area contributed by atoms with Gasteiger partial charge in [0.05, 0.1) is 13.2 Å². The Labute approximate surface area is 203 Å². The number of benzene rings is 2. The second kappa shape index (κ2) is 13.4. The fourth-order valence-electron chi connectivity index (χ4n) is 3.53. The summed E-state index contributed by atoms with van der Waals surface area (Å²) in [7, 11) is 1.67. The SMILES string of the molecule is CCNC(=NCc1cccc(OCCOC)c1)NC1CCN(c2ccc(C)cc2)C1.I. The zero-order valence-corrected chi connectivity index (χ0v) is 21.1. The predicted molar refractivity (Wildman–Crippen MR) is 139 cm³/mol. The Bertz CT molecular complexity index is 813. The van der Waals surface area contributed by atoms with E-state index in [0.29, 0.717) is 25.8 Å². The molecule has 3 rings (SSSR count). The minimum atomic E-state index is 0. The Kier molecular flexibility index (Phi) is 10.9. The smallest absolute Gasteiger partial charge is 0.191 e. The largest absolute Gasteiger partial charge is 0.491 e. The molecule has 6 nitrogen and oxygen atoms in total. The van der Waals surface area contributed by atoms with Crippen LogP contribution in [0.25, 0.3) is 0 Å². The summed E-state index contributed by atoms with van der Waals surface area (Å²) in [6.45, 7) is 8.82. The molecule has 1 heterocycles. The van der Waals surface area contributed by atoms with E-state index in [2.05, 4.69) is 59.7 Å². The summed E-state index contributed by atoms with van der Waals surface area (Å²) < 4.78 is 10.7. The van der Waals surface area contributed by atoms with Crippen LogP contribution in [0.4, 0.5) is 5.69 Å². The molecule has 1 aliphatic heterocycles. The highest BCUT2D eigenvalue weighted by Gasteiger charge is 2.23. The lowest BCUT2D eigenvalue weighted by Crippen LogP contribution is -2.44. The van der Waals surface area contributed by atoms with Gasteiger partial charge in [0.2, 0.25) is 0 Å². The van der Waals surface area contributed by atoms with Crippen molar-refractivity contribution in [3.05, 3.63) is 59.7 Å². The van der Waals surface area contributed by atoms with Crippen molar-refractivity contribution in [3.63, 3.8) is 0 Å². The van der Waals surface area contributed by atoms with Crippen LogP contribution < -0.4 is 20.3 Å². The lowest BCUT2D eigenvalue weighted by atomic mass is 10.2. The van der Waals surface area contributed by atoms with E-state index in [1.807, 2.05) is 18.2 Å². The maximum atomic E-state index is 5.70. The van der Waals surface area contributed by atoms with Gasteiger partial charge in [-0.15, -0.1) is 24.0 Å². The first-order valence-corrected chi connectivity index (χ1v) is 10.7. The van der Waals surface area contributed by atoms with E-state index < -0.39 is 0 Å². The number of nitrogens with one attached hydrogen (secondary N) is 2. The Morgan fingerprint density at radius 2 is 1.97 bits per heavy atom. The van der Waals surface area contributed by atoms with Gasteiger partial charge < -0.3 is 25.0 Å². The first-order chi connectivity index (χ1) is 14.7. The van der Waals surface area contributed by atoms with Gasteiger partial charge in [-0.2, -0.15) is 0 Å². The molecule has 1 atom stereocenters. The van der Waals surface area contributed by atoms with Gasteiger partial charge in [-0.3, -0.25) is 0 Å². The maximum absolute atomic E-state index is 5.70. The zero-order valence-electron chi connectivity index (χ0n) is 18.8. The van der Waals surface area contributed by atoms with E-state index in [-0.39, 0.29) is 24.0 Å². The molecule has 1 fully saturated rings. The summed E-state index contributed by atoms with van der Waals surface area (Å²) in [5, 5.41) is 6.98. The number of guanidine groups is 1. The molecule has 0 spiro atoms. The summed E-state index contributed by atoms with van der Waals surface area (Å²) in [6.07, 6.45) is 1.10. The molecule has 0 saturated carbocycles. The molecule has 0 radical (unpaired) electrons. The van der Waals surface area contributed by atoms with Gasteiger partial charge in [0, 0.05) is 38.5 Å². The summed E-state index contributed by atoms with van der Waals surface area (Å²) in [5.74, 6) is 1.71. The van der Waals surface area contributed by atoms with Gasteiger partial charge in [0.15, 0.2) is 5.96 Å². The zero-order chi connectivity index (χ0) is 21.2. The van der Waals surface area contributed by atoms with Crippen LogP contribution in [-0.4, -0.2) is 52.0 Å². The molecule has 0 aromatic heterocycles. The fourth-order valence-corrected chi connectivity index (χ4v) is 3.53. The van der Waals surface area contributed by atoms with Gasteiger partial charge in [-0.05, 0) is 50.1 Å². The molecule has 1 aliphatic rings. The quantitative estimate of drug-likeness (QED) is 0.219. The number of hydrogen-bond donors (Lipinski definition) is 2. The van der Waals surface area contributed by atoms with Crippen LogP contribution in [0.15, 0.2) is 53.5 Å². The van der Waals surface area contributed by atoms with E-state index in [1.54, 1.807) is 7.11 Å². The third kappa shape index (κ3) is 8.22. The molecule has 0 bridgehead atoms. The van der Waals surface area contributed by atoms with E-state index in [9.17, 15) is 0 Å². The topological polar surface area (TPSA) is 58.1 Å². The molecular formula is C24H35IN4O2. The first kappa shape index (κ1) is 25.3. The summed E-state index contributed by atoms with van der Waals surface area (Å²) in [6, 6.07) is 17.2. The van der Waals surface area contributed by atoms with Crippen LogP contribution in [0.5, 0.6) is 5.75 Å². The Morgan fingerprint density at radius 1 is 1.16 bits per heavy atom. The average Bonchev–Trinajstić information content (AvgIpc) is 3.22. The lowest BCUT2D eigenvalue weighted by molar-refractivity contribution is 0.146. The number of hydrogen-bond acceptors (Lipinski definition) is 4. The van der Waals surface area contributed by atoms with Crippen molar-refractivity contribution in [2.45, 2.75) is 32.9 Å². The molecule has 1 unspecified atom stereocenters. The van der Waals surface area contributed by atoms with Crippen molar-refractivity contribution in [1.82, 2.24) is 10.6 Å². The van der Waals surface area contributed by atoms with Crippen LogP contribution in [0.1, 0.15) is 24.5 Å². The molecular weight excluding hydrogens is 503 g/mol. The summed E-state index contributed by atoms with van der Waals surface area (Å²) in [5.41, 5.74) is 3.70. The number of halogens is 1. The maximum Gasteiger partial charge on any atom is 0.191 e. The number of aliphatic imine (C=N–C) groups is 1. The third-order valence-electron chi connectivity index (χ3n) is 5.15. The fraction of sp³-hybridized carbons (Fsp3) is 0.458. The number of nitrogens with zero attached hydrogens (tertiary/aromatic N) is 2. The third-order valence-corrected chi connectivity index (χ3v) is 5.15. The van der Waals surface area contributed by atoms with Crippen LogP contribution in [0, 0.1) is 6.92 Å². The van der Waals surface area contributed by atoms with Gasteiger partial charge in [0.1, 0.15) is 12.4 Å². The number of aryl methyl sites for hydroxylation is 1. The van der Waals surface area contributed by atoms with E-state index >= 15 is 0 Å². The van der Waals surface area contributed by atoms with Crippen LogP contribution in [-0.2, 0) is 11.3 Å². The molecule has 2 aromatic carbocycles. The minimum absolute atomic E-state index is 0. The molecule has 2 aromatic rings. The molecule has 170 valence electrons. The normalized spacial score (nSPS) is 16.0. The molecule has 0 aliphatic carbocycles. The number of anilines is 1. The van der Waals surface area contributed by atoms with Crippen molar-refractivity contribution >= 4 is 35.6 Å². The molecule has 0 amide bonds. The Hall–Kier alpha value is -2.00. The van der Waals surface area contributed by atoms with E-state index in [4.69, 9.17) is 14.5 Å². The molecule has 7 heteroatoms. The summed E-state index contributed by atoms with van der Waals surface area (Å²) >= 11 is 0. The van der Waals surface area contributed by atoms with Crippen molar-refractivity contribution in [3.8, 4) is 5.75 Å². The van der Waals surface area contributed by atoms with Crippen molar-refractivity contribution in [2.24, 2.45) is 4.99 Å². The highest BCUT2D eigenvalue weighted by atomic mass is 127. The van der Waals surface area contributed by atoms with Crippen molar-refractivity contribution in [1.29, 1.82) is 0 Å². The monoisotopic (exact) mass is 538 g/mol. The Morgan fingerprint density at radius 3 is 2.71 bits per heavy atom. The standard InChI is InChI=1S/C24H34N4O2.HI/c1-4-25-24(26-17-20-6-5-7-23(16-20)30-15-14-29-3)27-21-12-13-28(18-21)22-10-8-19(2)9-11-22;/h5-11,16,21H,4,12-15,17-18H2,1-3H3,(H2,25,26,27);1H. The summed E-state index contributed by atoms with van der Waals surface area (Å²) in [4.78, 5) is 7.22. The molecule has 1 saturated heterocycles. The minimum Gasteiger partial charge on any atom is -0.491 e. The second-order valence-electron chi connectivity index (χ2n) is 7.60. The van der Waals surface area contributed by atoms with Gasteiger partial charge in [0.25, 0.3) is 0 Å². The number of rotatable bonds is 9. The highest BCUT2D eigenvalue weighted by molar-refractivity contribution is 14.0. The first-order valence-electron chi connectivity index (χ1n) is 10.7. The van der Waals surface area contributed by atoms with Gasteiger partial charge in [-0.25, -0.2) is 4.99 Å². The average molecular weight is 538 g/mol.